The molecule has 0 radical (unpaired) electrons. The minimum absolute atomic E-state index is 0.310. The van der Waals surface area contributed by atoms with Gasteiger partial charge < -0.3 is 5.32 Å². The fraction of sp³-hybridized carbons (Fsp3) is 0.533. The van der Waals surface area contributed by atoms with E-state index in [0.717, 1.165) is 37.8 Å². The number of hydrogen-bond acceptors (Lipinski definition) is 1. The first-order valence-corrected chi connectivity index (χ1v) is 8.40. The monoisotopic (exact) mass is 379 g/mol. The van der Waals surface area contributed by atoms with Gasteiger partial charge in [-0.05, 0) is 30.9 Å². The first-order valence-electron chi connectivity index (χ1n) is 6.90. The van der Waals surface area contributed by atoms with Crippen LogP contribution in [0.2, 0.25) is 5.02 Å². The molecule has 2 atom stereocenters. The van der Waals surface area contributed by atoms with Crippen LogP contribution >= 0.6 is 27.5 Å². The van der Waals surface area contributed by atoms with Crippen molar-refractivity contribution in [3.63, 3.8) is 0 Å². The highest BCUT2D eigenvalue weighted by Crippen LogP contribution is 2.34. The quantitative estimate of drug-likeness (QED) is 0.598. The van der Waals surface area contributed by atoms with Crippen molar-refractivity contribution >= 4 is 33.4 Å². The van der Waals surface area contributed by atoms with Gasteiger partial charge >= 0.3 is 0 Å². The minimum Gasteiger partial charge on any atom is -0.346 e. The van der Waals surface area contributed by atoms with Crippen molar-refractivity contribution in [3.8, 4) is 0 Å². The lowest BCUT2D eigenvalue weighted by molar-refractivity contribution is 0.0865. The van der Waals surface area contributed by atoms with Gasteiger partial charge in [-0.25, -0.2) is 8.78 Å². The van der Waals surface area contributed by atoms with Crippen molar-refractivity contribution < 1.29 is 13.6 Å². The van der Waals surface area contributed by atoms with Gasteiger partial charge in [-0.1, -0.05) is 47.3 Å². The molecule has 116 valence electrons. The van der Waals surface area contributed by atoms with Crippen molar-refractivity contribution in [3.05, 3.63) is 34.4 Å². The second kappa shape index (κ2) is 6.61. The van der Waals surface area contributed by atoms with E-state index in [4.69, 9.17) is 11.6 Å². The van der Waals surface area contributed by atoms with Gasteiger partial charge in [0.05, 0.1) is 16.1 Å². The molecule has 1 amide bonds. The number of carbonyl (C=O) groups is 1. The van der Waals surface area contributed by atoms with Crippen molar-refractivity contribution in [2.45, 2.75) is 38.1 Å². The van der Waals surface area contributed by atoms with Crippen LogP contribution in [0.15, 0.2) is 12.1 Å². The van der Waals surface area contributed by atoms with E-state index in [9.17, 15) is 13.6 Å². The maximum Gasteiger partial charge on any atom is 0.254 e. The SMILES string of the molecule is CC1CCCC(CBr)(NC(=O)c2cc(F)c(Cl)cc2F)C1. The molecule has 0 saturated heterocycles. The number of amides is 1. The fourth-order valence-corrected chi connectivity index (χ4v) is 3.73. The van der Waals surface area contributed by atoms with E-state index in [1.54, 1.807) is 0 Å². The minimum atomic E-state index is -0.813. The van der Waals surface area contributed by atoms with Crippen LogP contribution in [0, 0.1) is 17.6 Å². The summed E-state index contributed by atoms with van der Waals surface area (Å²) in [6.07, 6.45) is 3.77. The Bertz CT molecular complexity index is 555. The van der Waals surface area contributed by atoms with E-state index >= 15 is 0 Å². The van der Waals surface area contributed by atoms with Gasteiger partial charge in [0.1, 0.15) is 11.6 Å². The molecule has 1 N–H and O–H groups in total. The zero-order chi connectivity index (χ0) is 15.6. The third-order valence-electron chi connectivity index (χ3n) is 3.98. The summed E-state index contributed by atoms with van der Waals surface area (Å²) >= 11 is 8.94. The molecule has 0 bridgehead atoms. The molecule has 6 heteroatoms. The maximum atomic E-state index is 13.8. The number of benzene rings is 1. The zero-order valence-corrected chi connectivity index (χ0v) is 14.0. The largest absolute Gasteiger partial charge is 0.346 e. The third-order valence-corrected chi connectivity index (χ3v) is 5.34. The molecule has 0 heterocycles. The zero-order valence-electron chi connectivity index (χ0n) is 11.7. The van der Waals surface area contributed by atoms with Gasteiger partial charge in [0, 0.05) is 5.33 Å². The predicted octanol–water partition coefficient (Wildman–Crippen LogP) is 4.69. The van der Waals surface area contributed by atoms with Crippen molar-refractivity contribution in [2.24, 2.45) is 5.92 Å². The molecular weight excluding hydrogens is 364 g/mol. The first-order chi connectivity index (χ1) is 9.87. The predicted molar refractivity (Wildman–Crippen MR) is 83.0 cm³/mol. The van der Waals surface area contributed by atoms with Crippen LogP contribution in [0.5, 0.6) is 0 Å². The Labute approximate surface area is 136 Å². The molecule has 1 aliphatic carbocycles. The van der Waals surface area contributed by atoms with Crippen LogP contribution in [0.25, 0.3) is 0 Å². The smallest absolute Gasteiger partial charge is 0.254 e. The van der Waals surface area contributed by atoms with E-state index < -0.39 is 23.1 Å². The molecule has 21 heavy (non-hydrogen) atoms. The molecule has 0 spiro atoms. The topological polar surface area (TPSA) is 29.1 Å². The Morgan fingerprint density at radius 3 is 2.81 bits per heavy atom. The standard InChI is InChI=1S/C15H17BrClF2NO/c1-9-3-2-4-15(7-9,8-16)20-14(21)10-5-13(19)11(17)6-12(10)18/h5-6,9H,2-4,7-8H2,1H3,(H,20,21). The number of halogens is 4. The first kappa shape index (κ1) is 16.7. The lowest BCUT2D eigenvalue weighted by Crippen LogP contribution is -2.52. The van der Waals surface area contributed by atoms with E-state index in [-0.39, 0.29) is 10.6 Å². The van der Waals surface area contributed by atoms with Crippen LogP contribution in [-0.2, 0) is 0 Å². The Balaban J connectivity index is 2.22. The summed E-state index contributed by atoms with van der Waals surface area (Å²) in [5.41, 5.74) is -0.715. The summed E-state index contributed by atoms with van der Waals surface area (Å²) in [4.78, 5) is 12.3. The van der Waals surface area contributed by atoms with E-state index in [0.29, 0.717) is 11.2 Å². The van der Waals surface area contributed by atoms with Crippen LogP contribution in [0.1, 0.15) is 43.0 Å². The Morgan fingerprint density at radius 2 is 2.19 bits per heavy atom. The Morgan fingerprint density at radius 1 is 1.48 bits per heavy atom. The van der Waals surface area contributed by atoms with Gasteiger partial charge in [0.25, 0.3) is 5.91 Å². The highest BCUT2D eigenvalue weighted by molar-refractivity contribution is 9.09. The highest BCUT2D eigenvalue weighted by Gasteiger charge is 2.36. The Hall–Kier alpha value is -0.680. The number of nitrogens with one attached hydrogen (secondary N) is 1. The number of rotatable bonds is 3. The average Bonchev–Trinajstić information content (AvgIpc) is 2.42. The summed E-state index contributed by atoms with van der Waals surface area (Å²) in [7, 11) is 0. The summed E-state index contributed by atoms with van der Waals surface area (Å²) in [6.45, 7) is 2.13. The molecular formula is C15H17BrClF2NO. The average molecular weight is 381 g/mol. The van der Waals surface area contributed by atoms with Crippen LogP contribution in [0.3, 0.4) is 0 Å². The highest BCUT2D eigenvalue weighted by atomic mass is 79.9. The number of alkyl halides is 1. The molecule has 1 aromatic carbocycles. The maximum absolute atomic E-state index is 13.8. The summed E-state index contributed by atoms with van der Waals surface area (Å²) in [5.74, 6) is -1.72. The van der Waals surface area contributed by atoms with Crippen LogP contribution in [0.4, 0.5) is 8.78 Å². The Kier molecular flexibility index (Phi) is 5.25. The summed E-state index contributed by atoms with van der Waals surface area (Å²) in [5, 5.41) is 3.14. The van der Waals surface area contributed by atoms with Crippen molar-refractivity contribution in [2.75, 3.05) is 5.33 Å². The molecule has 2 unspecified atom stereocenters. The number of hydrogen-bond donors (Lipinski definition) is 1. The van der Waals surface area contributed by atoms with Gasteiger partial charge in [0.15, 0.2) is 0 Å². The number of carbonyl (C=O) groups excluding carboxylic acids is 1. The second-order valence-corrected chi connectivity index (χ2v) is 6.78. The van der Waals surface area contributed by atoms with E-state index in [1.165, 1.54) is 0 Å². The fourth-order valence-electron chi connectivity index (χ4n) is 2.93. The van der Waals surface area contributed by atoms with Crippen molar-refractivity contribution in [1.82, 2.24) is 5.32 Å². The van der Waals surface area contributed by atoms with Crippen LogP contribution < -0.4 is 5.32 Å². The van der Waals surface area contributed by atoms with E-state index in [2.05, 4.69) is 28.2 Å². The molecule has 1 fully saturated rings. The van der Waals surface area contributed by atoms with Crippen LogP contribution in [-0.4, -0.2) is 16.8 Å². The molecule has 1 aliphatic rings. The molecule has 2 nitrogen and oxygen atoms in total. The summed E-state index contributed by atoms with van der Waals surface area (Å²) < 4.78 is 27.3. The lowest BCUT2D eigenvalue weighted by atomic mass is 9.77. The van der Waals surface area contributed by atoms with Gasteiger partial charge in [-0.2, -0.15) is 0 Å². The molecule has 2 rings (SSSR count). The molecule has 1 saturated carbocycles. The second-order valence-electron chi connectivity index (χ2n) is 5.82. The van der Waals surface area contributed by atoms with Gasteiger partial charge in [0.2, 0.25) is 0 Å². The molecule has 0 aromatic heterocycles. The van der Waals surface area contributed by atoms with Gasteiger partial charge in [-0.3, -0.25) is 4.79 Å². The summed E-state index contributed by atoms with van der Waals surface area (Å²) in [6, 6.07) is 1.68. The lowest BCUT2D eigenvalue weighted by Gasteiger charge is -2.39. The normalized spacial score (nSPS) is 25.7. The van der Waals surface area contributed by atoms with E-state index in [1.807, 2.05) is 0 Å². The van der Waals surface area contributed by atoms with Gasteiger partial charge in [-0.15, -0.1) is 0 Å². The molecule has 0 aliphatic heterocycles. The molecule has 1 aromatic rings. The third kappa shape index (κ3) is 3.75. The van der Waals surface area contributed by atoms with Crippen molar-refractivity contribution in [1.29, 1.82) is 0 Å².